The third-order valence-electron chi connectivity index (χ3n) is 4.12. The standard InChI is InChI=1S/C21H16N2O3S/c24-18(13-17-14-23-11-12-27-21(23)22-17)26-20(16-9-5-2-6-10-16)19(25)15-7-3-1-4-8-15/h1-12,14,20H,13H2. The molecule has 5 nitrogen and oxygen atoms in total. The summed E-state index contributed by atoms with van der Waals surface area (Å²) < 4.78 is 7.45. The van der Waals surface area contributed by atoms with E-state index >= 15 is 0 Å². The van der Waals surface area contributed by atoms with Gasteiger partial charge in [0.15, 0.2) is 11.1 Å². The molecule has 1 unspecified atom stereocenters. The number of benzene rings is 2. The molecule has 0 spiro atoms. The number of thiazole rings is 1. The van der Waals surface area contributed by atoms with Crippen molar-refractivity contribution in [1.82, 2.24) is 9.38 Å². The van der Waals surface area contributed by atoms with E-state index in [0.717, 1.165) is 4.96 Å². The number of nitrogens with zero attached hydrogens (tertiary/aromatic N) is 2. The van der Waals surface area contributed by atoms with E-state index in [-0.39, 0.29) is 12.2 Å². The Balaban J connectivity index is 1.56. The average molecular weight is 376 g/mol. The number of hydrogen-bond donors (Lipinski definition) is 0. The highest BCUT2D eigenvalue weighted by Crippen LogP contribution is 2.23. The fourth-order valence-electron chi connectivity index (χ4n) is 2.84. The minimum absolute atomic E-state index is 0.0137. The summed E-state index contributed by atoms with van der Waals surface area (Å²) in [4.78, 5) is 30.7. The van der Waals surface area contributed by atoms with E-state index in [4.69, 9.17) is 4.74 Å². The van der Waals surface area contributed by atoms with Gasteiger partial charge in [0.05, 0.1) is 12.1 Å². The van der Waals surface area contributed by atoms with Gasteiger partial charge in [0, 0.05) is 28.9 Å². The van der Waals surface area contributed by atoms with E-state index in [0.29, 0.717) is 16.8 Å². The average Bonchev–Trinajstić information content (AvgIpc) is 3.28. The Morgan fingerprint density at radius 3 is 2.44 bits per heavy atom. The lowest BCUT2D eigenvalue weighted by molar-refractivity contribution is -0.146. The van der Waals surface area contributed by atoms with Crippen LogP contribution in [-0.2, 0) is 16.0 Å². The van der Waals surface area contributed by atoms with Gasteiger partial charge in [-0.25, -0.2) is 4.98 Å². The predicted octanol–water partition coefficient (Wildman–Crippen LogP) is 4.11. The van der Waals surface area contributed by atoms with Crippen molar-refractivity contribution in [3.63, 3.8) is 0 Å². The molecule has 1 atom stereocenters. The number of carbonyl (C=O) groups excluding carboxylic acids is 2. The zero-order valence-corrected chi connectivity index (χ0v) is 15.1. The molecule has 0 aliphatic carbocycles. The molecule has 2 heterocycles. The van der Waals surface area contributed by atoms with Crippen molar-refractivity contribution in [3.8, 4) is 0 Å². The molecule has 4 aromatic rings. The summed E-state index contributed by atoms with van der Waals surface area (Å²) in [5.74, 6) is -0.736. The molecule has 0 aliphatic rings. The Bertz CT molecular complexity index is 1040. The van der Waals surface area contributed by atoms with Crippen molar-refractivity contribution < 1.29 is 14.3 Å². The van der Waals surface area contributed by atoms with E-state index in [1.54, 1.807) is 42.6 Å². The first kappa shape index (κ1) is 17.2. The number of esters is 1. The third kappa shape index (κ3) is 3.80. The van der Waals surface area contributed by atoms with Gasteiger partial charge in [-0.15, -0.1) is 11.3 Å². The number of hydrogen-bond acceptors (Lipinski definition) is 5. The highest BCUT2D eigenvalue weighted by atomic mass is 32.1. The van der Waals surface area contributed by atoms with Crippen LogP contribution in [0.25, 0.3) is 4.96 Å². The molecule has 0 N–H and O–H groups in total. The van der Waals surface area contributed by atoms with Crippen molar-refractivity contribution in [2.75, 3.05) is 0 Å². The number of aromatic nitrogens is 2. The molecule has 6 heteroatoms. The number of Topliss-reactive ketones (excluding diaryl/α,β-unsaturated/α-hetero) is 1. The normalized spacial score (nSPS) is 12.0. The Morgan fingerprint density at radius 1 is 1.04 bits per heavy atom. The molecular weight excluding hydrogens is 360 g/mol. The predicted molar refractivity (Wildman–Crippen MR) is 103 cm³/mol. The van der Waals surface area contributed by atoms with Crippen LogP contribution in [0.4, 0.5) is 0 Å². The summed E-state index contributed by atoms with van der Waals surface area (Å²) in [5.41, 5.74) is 1.76. The van der Waals surface area contributed by atoms with Crippen LogP contribution in [0.15, 0.2) is 78.4 Å². The molecule has 4 rings (SSSR count). The minimum Gasteiger partial charge on any atom is -0.449 e. The van der Waals surface area contributed by atoms with Gasteiger partial charge in [-0.2, -0.15) is 0 Å². The van der Waals surface area contributed by atoms with Crippen LogP contribution in [0, 0.1) is 0 Å². The van der Waals surface area contributed by atoms with Crippen LogP contribution in [-0.4, -0.2) is 21.1 Å². The minimum atomic E-state index is -0.982. The highest BCUT2D eigenvalue weighted by Gasteiger charge is 2.26. The van der Waals surface area contributed by atoms with Crippen molar-refractivity contribution in [1.29, 1.82) is 0 Å². The highest BCUT2D eigenvalue weighted by molar-refractivity contribution is 7.15. The van der Waals surface area contributed by atoms with Gasteiger partial charge in [0.2, 0.25) is 5.78 Å². The number of imidazole rings is 1. The maximum Gasteiger partial charge on any atom is 0.313 e. The summed E-state index contributed by atoms with van der Waals surface area (Å²) in [7, 11) is 0. The number of fused-ring (bicyclic) bond motifs is 1. The van der Waals surface area contributed by atoms with Crippen LogP contribution in [0.2, 0.25) is 0 Å². The van der Waals surface area contributed by atoms with E-state index in [2.05, 4.69) is 4.98 Å². The summed E-state index contributed by atoms with van der Waals surface area (Å²) in [6, 6.07) is 17.9. The second-order valence-corrected chi connectivity index (χ2v) is 6.89. The van der Waals surface area contributed by atoms with E-state index in [9.17, 15) is 9.59 Å². The van der Waals surface area contributed by atoms with E-state index < -0.39 is 12.1 Å². The van der Waals surface area contributed by atoms with Gasteiger partial charge in [-0.05, 0) is 0 Å². The topological polar surface area (TPSA) is 60.7 Å². The van der Waals surface area contributed by atoms with Crippen molar-refractivity contribution in [2.24, 2.45) is 0 Å². The van der Waals surface area contributed by atoms with Crippen molar-refractivity contribution in [3.05, 3.63) is 95.3 Å². The monoisotopic (exact) mass is 376 g/mol. The first-order valence-corrected chi connectivity index (χ1v) is 9.33. The number of rotatable bonds is 6. The van der Waals surface area contributed by atoms with Crippen molar-refractivity contribution in [2.45, 2.75) is 12.5 Å². The molecular formula is C21H16N2O3S. The molecule has 0 fully saturated rings. The number of carbonyl (C=O) groups is 2. The lowest BCUT2D eigenvalue weighted by Gasteiger charge is -2.17. The maximum atomic E-state index is 12.9. The van der Waals surface area contributed by atoms with Gasteiger partial charge in [0.1, 0.15) is 0 Å². The van der Waals surface area contributed by atoms with E-state index in [1.165, 1.54) is 11.3 Å². The van der Waals surface area contributed by atoms with Crippen LogP contribution in [0.5, 0.6) is 0 Å². The zero-order chi connectivity index (χ0) is 18.6. The third-order valence-corrected chi connectivity index (χ3v) is 4.89. The zero-order valence-electron chi connectivity index (χ0n) is 14.3. The Kier molecular flexibility index (Phi) is 4.80. The lowest BCUT2D eigenvalue weighted by Crippen LogP contribution is -2.21. The summed E-state index contributed by atoms with van der Waals surface area (Å²) in [6.45, 7) is 0. The summed E-state index contributed by atoms with van der Waals surface area (Å²) in [6.07, 6.45) is 2.71. The van der Waals surface area contributed by atoms with Gasteiger partial charge >= 0.3 is 5.97 Å². The van der Waals surface area contributed by atoms with Crippen molar-refractivity contribution >= 4 is 28.1 Å². The molecule has 0 aliphatic heterocycles. The van der Waals surface area contributed by atoms with Gasteiger partial charge in [0.25, 0.3) is 0 Å². The second kappa shape index (κ2) is 7.55. The molecule has 2 aromatic carbocycles. The van der Waals surface area contributed by atoms with Gasteiger partial charge < -0.3 is 4.74 Å². The van der Waals surface area contributed by atoms with Crippen LogP contribution >= 0.6 is 11.3 Å². The lowest BCUT2D eigenvalue weighted by atomic mass is 10.00. The molecule has 134 valence electrons. The Morgan fingerprint density at radius 2 is 1.74 bits per heavy atom. The quantitative estimate of drug-likeness (QED) is 0.375. The molecule has 0 bridgehead atoms. The SMILES string of the molecule is O=C(Cc1cn2ccsc2n1)OC(C(=O)c1ccccc1)c1ccccc1. The number of ether oxygens (including phenoxy) is 1. The molecule has 2 aromatic heterocycles. The van der Waals surface area contributed by atoms with E-state index in [1.807, 2.05) is 40.2 Å². The molecule has 0 saturated heterocycles. The van der Waals surface area contributed by atoms with Crippen LogP contribution < -0.4 is 0 Å². The Labute approximate surface area is 159 Å². The largest absolute Gasteiger partial charge is 0.449 e. The molecule has 0 radical (unpaired) electrons. The Hall–Kier alpha value is -3.25. The fourth-order valence-corrected chi connectivity index (χ4v) is 3.56. The smallest absolute Gasteiger partial charge is 0.313 e. The van der Waals surface area contributed by atoms with Crippen LogP contribution in [0.1, 0.15) is 27.7 Å². The second-order valence-electron chi connectivity index (χ2n) is 6.01. The number of ketones is 1. The van der Waals surface area contributed by atoms with Crippen LogP contribution in [0.3, 0.4) is 0 Å². The fraction of sp³-hybridized carbons (Fsp3) is 0.0952. The molecule has 0 amide bonds. The van der Waals surface area contributed by atoms with Gasteiger partial charge in [-0.1, -0.05) is 60.7 Å². The van der Waals surface area contributed by atoms with Gasteiger partial charge in [-0.3, -0.25) is 14.0 Å². The summed E-state index contributed by atoms with van der Waals surface area (Å²) in [5, 5.41) is 1.92. The molecule has 0 saturated carbocycles. The summed E-state index contributed by atoms with van der Waals surface area (Å²) >= 11 is 1.49. The first-order chi connectivity index (χ1) is 13.2. The maximum absolute atomic E-state index is 12.9. The first-order valence-electron chi connectivity index (χ1n) is 8.45. The molecule has 27 heavy (non-hydrogen) atoms.